The largest absolute Gasteiger partial charge is 0.480 e. The molecular weight excluding hydrogens is 312 g/mol. The molecule has 23 heavy (non-hydrogen) atoms. The van der Waals surface area contributed by atoms with Crippen LogP contribution in [0.1, 0.15) is 18.4 Å². The monoisotopic (exact) mass is 322 g/mol. The number of carboxylic acid groups (broad SMARTS) is 1. The summed E-state index contributed by atoms with van der Waals surface area (Å²) in [5.41, 5.74) is -1.92. The average molecular weight is 322 g/mol. The number of furan rings is 1. The van der Waals surface area contributed by atoms with Gasteiger partial charge in [-0.15, -0.1) is 0 Å². The minimum absolute atomic E-state index is 0.103. The second kappa shape index (κ2) is 4.70. The molecule has 1 N–H and O–H groups in total. The summed E-state index contributed by atoms with van der Waals surface area (Å²) in [7, 11) is 0. The van der Waals surface area contributed by atoms with Crippen molar-refractivity contribution in [3.05, 3.63) is 23.7 Å². The van der Waals surface area contributed by atoms with Gasteiger partial charge in [0, 0.05) is 12.0 Å². The number of esters is 3. The fourth-order valence-electron chi connectivity index (χ4n) is 2.36. The van der Waals surface area contributed by atoms with Gasteiger partial charge in [-0.3, -0.25) is 4.79 Å². The van der Waals surface area contributed by atoms with Gasteiger partial charge < -0.3 is 23.7 Å². The predicted octanol–water partition coefficient (Wildman–Crippen LogP) is 0.102. The maximum Gasteiger partial charge on any atom is 0.349 e. The molecule has 4 bridgehead atoms. The molecule has 0 fully saturated rings. The van der Waals surface area contributed by atoms with Gasteiger partial charge in [0.15, 0.2) is 18.1 Å². The summed E-state index contributed by atoms with van der Waals surface area (Å²) in [6.07, 6.45) is -0.183. The zero-order valence-electron chi connectivity index (χ0n) is 11.8. The van der Waals surface area contributed by atoms with Crippen LogP contribution in [-0.2, 0) is 35.8 Å². The summed E-state index contributed by atoms with van der Waals surface area (Å²) < 4.78 is 19.6. The Kier molecular flexibility index (Phi) is 3.03. The number of carbonyl (C=O) groups excluding carboxylic acids is 3. The minimum Gasteiger partial charge on any atom is -0.480 e. The molecule has 4 heterocycles. The third-order valence-corrected chi connectivity index (χ3v) is 3.50. The van der Waals surface area contributed by atoms with Gasteiger partial charge >= 0.3 is 23.9 Å². The van der Waals surface area contributed by atoms with Gasteiger partial charge in [0.25, 0.3) is 0 Å². The van der Waals surface area contributed by atoms with Crippen LogP contribution in [0.4, 0.5) is 0 Å². The maximum absolute atomic E-state index is 11.8. The number of carboxylic acids is 1. The SMILES string of the molecule is C=C(C)C(=O)OCC(=O)Oc1c2oc3c1OC(=O)C2(C(=O)O)C3. The summed E-state index contributed by atoms with van der Waals surface area (Å²) in [5, 5.41) is 9.31. The normalized spacial score (nSPS) is 20.1. The Morgan fingerprint density at radius 1 is 1.39 bits per heavy atom. The second-order valence-electron chi connectivity index (χ2n) is 5.12. The van der Waals surface area contributed by atoms with E-state index in [1.165, 1.54) is 6.92 Å². The lowest BCUT2D eigenvalue weighted by molar-refractivity contribution is -0.159. The molecular formula is C14H10O9. The zero-order valence-corrected chi connectivity index (χ0v) is 11.8. The van der Waals surface area contributed by atoms with Crippen LogP contribution < -0.4 is 9.47 Å². The van der Waals surface area contributed by atoms with Crippen molar-refractivity contribution in [3.63, 3.8) is 0 Å². The molecule has 3 aliphatic heterocycles. The summed E-state index contributed by atoms with van der Waals surface area (Å²) >= 11 is 0. The van der Waals surface area contributed by atoms with Gasteiger partial charge in [-0.25, -0.2) is 14.4 Å². The highest BCUT2D eigenvalue weighted by Crippen LogP contribution is 2.57. The van der Waals surface area contributed by atoms with Crippen LogP contribution in [-0.4, -0.2) is 35.6 Å². The molecule has 9 heteroatoms. The van der Waals surface area contributed by atoms with E-state index in [-0.39, 0.29) is 35.0 Å². The lowest BCUT2D eigenvalue weighted by Gasteiger charge is -2.28. The third kappa shape index (κ3) is 1.93. The van der Waals surface area contributed by atoms with Gasteiger partial charge in [-0.05, 0) is 6.92 Å². The zero-order chi connectivity index (χ0) is 16.9. The minimum atomic E-state index is -2.03. The summed E-state index contributed by atoms with van der Waals surface area (Å²) in [4.78, 5) is 46.2. The number of hydrogen-bond acceptors (Lipinski definition) is 8. The Balaban J connectivity index is 1.80. The van der Waals surface area contributed by atoms with Crippen molar-refractivity contribution in [2.45, 2.75) is 18.8 Å². The maximum atomic E-state index is 11.8. The molecule has 1 unspecified atom stereocenters. The first kappa shape index (κ1) is 14.8. The Morgan fingerprint density at radius 2 is 2.09 bits per heavy atom. The number of fused-ring (bicyclic) bond motifs is 1. The first-order chi connectivity index (χ1) is 10.8. The third-order valence-electron chi connectivity index (χ3n) is 3.50. The Bertz CT molecular complexity index is 784. The molecule has 0 saturated heterocycles. The van der Waals surface area contributed by atoms with Gasteiger partial charge in [0.05, 0.1) is 0 Å². The van der Waals surface area contributed by atoms with Gasteiger partial charge in [0.2, 0.25) is 16.9 Å². The van der Waals surface area contributed by atoms with Crippen LogP contribution in [0.2, 0.25) is 0 Å². The number of rotatable bonds is 5. The molecule has 0 spiro atoms. The molecule has 3 aliphatic rings. The summed E-state index contributed by atoms with van der Waals surface area (Å²) in [6, 6.07) is 0. The predicted molar refractivity (Wildman–Crippen MR) is 68.8 cm³/mol. The Morgan fingerprint density at radius 3 is 2.70 bits per heavy atom. The van der Waals surface area contributed by atoms with E-state index in [1.54, 1.807) is 0 Å². The van der Waals surface area contributed by atoms with Crippen molar-refractivity contribution in [2.75, 3.05) is 6.61 Å². The topological polar surface area (TPSA) is 129 Å². The second-order valence-corrected chi connectivity index (χ2v) is 5.12. The van der Waals surface area contributed by atoms with E-state index >= 15 is 0 Å². The molecule has 9 nitrogen and oxygen atoms in total. The van der Waals surface area contributed by atoms with Crippen LogP contribution >= 0.6 is 0 Å². The van der Waals surface area contributed by atoms with Crippen LogP contribution in [0.15, 0.2) is 16.6 Å². The van der Waals surface area contributed by atoms with Crippen LogP contribution in [0.5, 0.6) is 11.5 Å². The molecule has 1 aromatic heterocycles. The fourth-order valence-corrected chi connectivity index (χ4v) is 2.36. The van der Waals surface area contributed by atoms with Crippen molar-refractivity contribution < 1.29 is 42.9 Å². The van der Waals surface area contributed by atoms with Gasteiger partial charge in [-0.1, -0.05) is 6.58 Å². The van der Waals surface area contributed by atoms with Gasteiger partial charge in [-0.2, -0.15) is 0 Å². The van der Waals surface area contributed by atoms with Crippen molar-refractivity contribution in [3.8, 4) is 11.5 Å². The highest BCUT2D eigenvalue weighted by molar-refractivity contribution is 6.10. The van der Waals surface area contributed by atoms with E-state index < -0.39 is 35.9 Å². The first-order valence-corrected chi connectivity index (χ1v) is 6.42. The quantitative estimate of drug-likeness (QED) is 0.455. The molecule has 0 radical (unpaired) electrons. The van der Waals surface area contributed by atoms with Crippen LogP contribution in [0.3, 0.4) is 0 Å². The number of hydrogen-bond donors (Lipinski definition) is 1. The molecule has 4 rings (SSSR count). The number of ether oxygens (including phenoxy) is 3. The molecule has 0 aliphatic carbocycles. The summed E-state index contributed by atoms with van der Waals surface area (Å²) in [5.74, 6) is -4.78. The molecule has 1 aromatic rings. The number of aliphatic carboxylic acids is 1. The van der Waals surface area contributed by atoms with E-state index in [9.17, 15) is 24.3 Å². The fraction of sp³-hybridized carbons (Fsp3) is 0.286. The van der Waals surface area contributed by atoms with Crippen molar-refractivity contribution in [1.82, 2.24) is 0 Å². The van der Waals surface area contributed by atoms with Gasteiger partial charge in [0.1, 0.15) is 0 Å². The Labute approximate surface area is 128 Å². The molecule has 1 atom stereocenters. The van der Waals surface area contributed by atoms with Crippen molar-refractivity contribution >= 4 is 23.9 Å². The van der Waals surface area contributed by atoms with Crippen LogP contribution in [0, 0.1) is 0 Å². The molecule has 0 saturated carbocycles. The highest BCUT2D eigenvalue weighted by atomic mass is 16.6. The molecule has 0 amide bonds. The average Bonchev–Trinajstić information content (AvgIpc) is 2.99. The van der Waals surface area contributed by atoms with Crippen molar-refractivity contribution in [2.24, 2.45) is 0 Å². The first-order valence-electron chi connectivity index (χ1n) is 6.42. The van der Waals surface area contributed by atoms with Crippen LogP contribution in [0.25, 0.3) is 0 Å². The van der Waals surface area contributed by atoms with E-state index in [2.05, 4.69) is 11.3 Å². The number of carbonyl (C=O) groups is 4. The van der Waals surface area contributed by atoms with E-state index in [1.807, 2.05) is 0 Å². The standard InChI is InChI=1S/C14H10O9/c1-5(2)11(16)20-4-7(15)22-9-8-6-3-14(12(17)18,10(9)21-6)13(19)23-8/h1,3-4H2,2H3,(H,17,18). The van der Waals surface area contributed by atoms with Crippen molar-refractivity contribution in [1.29, 1.82) is 0 Å². The highest BCUT2D eigenvalue weighted by Gasteiger charge is 2.65. The molecule has 120 valence electrons. The Hall–Kier alpha value is -3.10. The lowest BCUT2D eigenvalue weighted by atomic mass is 9.77. The smallest absolute Gasteiger partial charge is 0.349 e. The summed E-state index contributed by atoms with van der Waals surface area (Å²) in [6.45, 7) is 4.05. The van der Waals surface area contributed by atoms with E-state index in [0.29, 0.717) is 0 Å². The lowest BCUT2D eigenvalue weighted by Crippen LogP contribution is -2.50. The van der Waals surface area contributed by atoms with E-state index in [0.717, 1.165) is 0 Å². The molecule has 0 aromatic carbocycles. The van der Waals surface area contributed by atoms with E-state index in [4.69, 9.17) is 13.9 Å².